The highest BCUT2D eigenvalue weighted by Gasteiger charge is 2.08. The van der Waals surface area contributed by atoms with E-state index in [0.717, 1.165) is 29.4 Å². The summed E-state index contributed by atoms with van der Waals surface area (Å²) in [6.07, 6.45) is 0. The second-order valence-electron chi connectivity index (χ2n) is 6.04. The molecule has 3 aromatic rings. The molecule has 0 spiro atoms. The molecule has 3 rings (SSSR count). The molecule has 1 aromatic heterocycles. The van der Waals surface area contributed by atoms with Crippen molar-refractivity contribution in [3.8, 4) is 22.9 Å². The largest absolute Gasteiger partial charge is 0.497 e. The van der Waals surface area contributed by atoms with Gasteiger partial charge in [-0.15, -0.1) is 0 Å². The molecule has 0 aliphatic rings. The maximum absolute atomic E-state index is 5.96. The van der Waals surface area contributed by atoms with Crippen LogP contribution in [-0.2, 0) is 6.67 Å². The Kier molecular flexibility index (Phi) is 6.49. The molecule has 0 aliphatic carbocycles. The first-order valence-electron chi connectivity index (χ1n) is 8.43. The molecular formula is C19H21ClN4O2S. The third-order valence-electron chi connectivity index (χ3n) is 3.96. The third-order valence-corrected chi connectivity index (χ3v) is 4.51. The van der Waals surface area contributed by atoms with Crippen LogP contribution in [0.5, 0.6) is 11.5 Å². The van der Waals surface area contributed by atoms with Gasteiger partial charge >= 0.3 is 0 Å². The van der Waals surface area contributed by atoms with E-state index in [2.05, 4.69) is 15.0 Å². The van der Waals surface area contributed by atoms with Gasteiger partial charge in [0.25, 0.3) is 0 Å². The molecule has 0 fully saturated rings. The summed E-state index contributed by atoms with van der Waals surface area (Å²) in [5.41, 5.74) is 0.951. The van der Waals surface area contributed by atoms with Gasteiger partial charge in [-0.05, 0) is 61.7 Å². The number of nitrogens with zero attached hydrogens (tertiary/aromatic N) is 3. The highest BCUT2D eigenvalue weighted by molar-refractivity contribution is 7.71. The molecule has 1 heterocycles. The fourth-order valence-corrected chi connectivity index (χ4v) is 2.89. The predicted octanol–water partition coefficient (Wildman–Crippen LogP) is 4.24. The topological polar surface area (TPSA) is 55.3 Å². The van der Waals surface area contributed by atoms with E-state index in [-0.39, 0.29) is 0 Å². The predicted molar refractivity (Wildman–Crippen MR) is 109 cm³/mol. The maximum Gasteiger partial charge on any atom is 0.217 e. The van der Waals surface area contributed by atoms with Crippen molar-refractivity contribution < 1.29 is 9.47 Å². The molecule has 0 bridgehead atoms. The molecule has 0 saturated heterocycles. The monoisotopic (exact) mass is 404 g/mol. The number of halogens is 1. The fourth-order valence-electron chi connectivity index (χ4n) is 2.52. The van der Waals surface area contributed by atoms with Crippen molar-refractivity contribution in [2.75, 3.05) is 27.3 Å². The van der Waals surface area contributed by atoms with E-state index in [1.165, 1.54) is 0 Å². The Morgan fingerprint density at radius 3 is 2.67 bits per heavy atom. The minimum absolute atomic E-state index is 0.503. The zero-order valence-corrected chi connectivity index (χ0v) is 16.8. The molecule has 0 aliphatic heterocycles. The summed E-state index contributed by atoms with van der Waals surface area (Å²) in [5.74, 6) is 2.29. The van der Waals surface area contributed by atoms with E-state index in [1.807, 2.05) is 54.2 Å². The average Bonchev–Trinajstić information content (AvgIpc) is 3.02. The number of aromatic nitrogens is 3. The molecule has 8 heteroatoms. The number of H-pyrrole nitrogens is 1. The van der Waals surface area contributed by atoms with Gasteiger partial charge in [-0.2, -0.15) is 4.98 Å². The van der Waals surface area contributed by atoms with Gasteiger partial charge in [0.1, 0.15) is 18.1 Å². The van der Waals surface area contributed by atoms with Crippen molar-refractivity contribution in [2.45, 2.75) is 6.67 Å². The van der Waals surface area contributed by atoms with E-state index >= 15 is 0 Å². The standard InChI is InChI=1S/C19H21ClN4O2S/c1-23(10-11-26-17-5-3-4-15(20)12-17)13-24-19(27)21-18(22-24)14-6-8-16(25-2)9-7-14/h3-9,12H,10-11,13H2,1-2H3,(H,21,22,27). The van der Waals surface area contributed by atoms with Crippen LogP contribution in [-0.4, -0.2) is 47.0 Å². The van der Waals surface area contributed by atoms with Crippen LogP contribution in [0.4, 0.5) is 0 Å². The van der Waals surface area contributed by atoms with Crippen LogP contribution < -0.4 is 9.47 Å². The number of aromatic amines is 1. The van der Waals surface area contributed by atoms with E-state index in [0.29, 0.717) is 23.1 Å². The summed E-state index contributed by atoms with van der Waals surface area (Å²) in [7, 11) is 3.64. The number of benzene rings is 2. The molecule has 1 N–H and O–H groups in total. The van der Waals surface area contributed by atoms with E-state index in [1.54, 1.807) is 13.2 Å². The molecular weight excluding hydrogens is 384 g/mol. The Balaban J connectivity index is 1.56. The van der Waals surface area contributed by atoms with E-state index in [9.17, 15) is 0 Å². The number of rotatable bonds is 8. The van der Waals surface area contributed by atoms with Gasteiger partial charge in [0, 0.05) is 17.1 Å². The Bertz CT molecular complexity index is 939. The Morgan fingerprint density at radius 1 is 1.19 bits per heavy atom. The molecule has 2 aromatic carbocycles. The second kappa shape index (κ2) is 9.03. The van der Waals surface area contributed by atoms with Crippen LogP contribution in [0.15, 0.2) is 48.5 Å². The number of methoxy groups -OCH3 is 1. The van der Waals surface area contributed by atoms with Crippen molar-refractivity contribution in [3.63, 3.8) is 0 Å². The summed E-state index contributed by atoms with van der Waals surface area (Å²) in [5, 5.41) is 3.91. The van der Waals surface area contributed by atoms with Crippen LogP contribution in [0, 0.1) is 4.77 Å². The first-order valence-corrected chi connectivity index (χ1v) is 9.22. The summed E-state index contributed by atoms with van der Waals surface area (Å²) in [6.45, 7) is 1.86. The van der Waals surface area contributed by atoms with Crippen molar-refractivity contribution >= 4 is 23.8 Å². The van der Waals surface area contributed by atoms with E-state index < -0.39 is 0 Å². The van der Waals surface area contributed by atoms with Crippen LogP contribution in [0.2, 0.25) is 5.02 Å². The Hall–Kier alpha value is -2.35. The van der Waals surface area contributed by atoms with Gasteiger partial charge in [0.2, 0.25) is 4.77 Å². The highest BCUT2D eigenvalue weighted by atomic mass is 35.5. The Morgan fingerprint density at radius 2 is 1.96 bits per heavy atom. The smallest absolute Gasteiger partial charge is 0.217 e. The van der Waals surface area contributed by atoms with Crippen LogP contribution >= 0.6 is 23.8 Å². The fraction of sp³-hybridized carbons (Fsp3) is 0.263. The second-order valence-corrected chi connectivity index (χ2v) is 6.84. The number of likely N-dealkylation sites (N-methyl/N-ethyl adjacent to an activating group) is 1. The average molecular weight is 405 g/mol. The maximum atomic E-state index is 5.96. The molecule has 0 unspecified atom stereocenters. The number of hydrogen-bond acceptors (Lipinski definition) is 5. The number of ether oxygens (including phenoxy) is 2. The van der Waals surface area contributed by atoms with Gasteiger partial charge in [-0.3, -0.25) is 10.00 Å². The van der Waals surface area contributed by atoms with Gasteiger partial charge in [0.05, 0.1) is 13.8 Å². The lowest BCUT2D eigenvalue weighted by Crippen LogP contribution is -2.27. The van der Waals surface area contributed by atoms with Crippen LogP contribution in [0.25, 0.3) is 11.4 Å². The minimum Gasteiger partial charge on any atom is -0.497 e. The van der Waals surface area contributed by atoms with Crippen LogP contribution in [0.3, 0.4) is 0 Å². The molecule has 0 radical (unpaired) electrons. The molecule has 0 atom stereocenters. The lowest BCUT2D eigenvalue weighted by molar-refractivity contribution is 0.198. The van der Waals surface area contributed by atoms with Gasteiger partial charge in [-0.1, -0.05) is 17.7 Å². The lowest BCUT2D eigenvalue weighted by atomic mass is 10.2. The quantitative estimate of drug-likeness (QED) is 0.569. The van der Waals surface area contributed by atoms with Crippen LogP contribution in [0.1, 0.15) is 0 Å². The molecule has 0 amide bonds. The summed E-state index contributed by atoms with van der Waals surface area (Å²) < 4.78 is 13.2. The normalized spacial score (nSPS) is 11.0. The van der Waals surface area contributed by atoms with Crippen molar-refractivity contribution in [1.29, 1.82) is 0 Å². The third kappa shape index (κ3) is 5.32. The minimum atomic E-state index is 0.503. The zero-order chi connectivity index (χ0) is 19.2. The van der Waals surface area contributed by atoms with Gasteiger partial charge in [0.15, 0.2) is 5.82 Å². The van der Waals surface area contributed by atoms with Crippen molar-refractivity contribution in [3.05, 3.63) is 58.3 Å². The number of hydrogen-bond donors (Lipinski definition) is 1. The van der Waals surface area contributed by atoms with Gasteiger partial charge < -0.3 is 9.47 Å². The van der Waals surface area contributed by atoms with E-state index in [4.69, 9.17) is 33.3 Å². The molecule has 142 valence electrons. The SMILES string of the molecule is COc1ccc(-c2nc(=S)n(CN(C)CCOc3cccc(Cl)c3)[nH]2)cc1. The first-order chi connectivity index (χ1) is 13.0. The van der Waals surface area contributed by atoms with Gasteiger partial charge in [-0.25, -0.2) is 4.68 Å². The van der Waals surface area contributed by atoms with Crippen molar-refractivity contribution in [1.82, 2.24) is 19.7 Å². The zero-order valence-electron chi connectivity index (χ0n) is 15.2. The summed E-state index contributed by atoms with van der Waals surface area (Å²) in [6, 6.07) is 15.0. The molecule has 6 nitrogen and oxygen atoms in total. The lowest BCUT2D eigenvalue weighted by Gasteiger charge is -2.17. The molecule has 0 saturated carbocycles. The van der Waals surface area contributed by atoms with Crippen molar-refractivity contribution in [2.24, 2.45) is 0 Å². The first kappa shape index (κ1) is 19.4. The molecule has 27 heavy (non-hydrogen) atoms. The number of nitrogens with one attached hydrogen (secondary N) is 1. The Labute approximate surface area is 168 Å². The highest BCUT2D eigenvalue weighted by Crippen LogP contribution is 2.19. The summed E-state index contributed by atoms with van der Waals surface area (Å²) in [4.78, 5) is 6.53. The summed E-state index contributed by atoms with van der Waals surface area (Å²) >= 11 is 11.3.